The molecule has 0 radical (unpaired) electrons. The number of aliphatic carboxylic acids is 1. The number of hydrogen-bond acceptors (Lipinski definition) is 3. The first-order chi connectivity index (χ1) is 7.19. The molecule has 0 aromatic heterocycles. The number of rotatable bonds is 2. The molecule has 0 amide bonds. The summed E-state index contributed by atoms with van der Waals surface area (Å²) < 4.78 is 4.97. The molecule has 0 saturated carbocycles. The van der Waals surface area contributed by atoms with Crippen LogP contribution in [0.2, 0.25) is 0 Å². The second-order valence-corrected chi connectivity index (χ2v) is 2.60. The van der Waals surface area contributed by atoms with Gasteiger partial charge in [-0.15, -0.1) is 0 Å². The van der Waals surface area contributed by atoms with Gasteiger partial charge >= 0.3 is 5.97 Å². The molecule has 0 fully saturated rings. The molecule has 1 aromatic carbocycles. The van der Waals surface area contributed by atoms with Crippen LogP contribution >= 0.6 is 0 Å². The Morgan fingerprint density at radius 1 is 1.53 bits per heavy atom. The van der Waals surface area contributed by atoms with Crippen molar-refractivity contribution in [1.82, 2.24) is 0 Å². The average Bonchev–Trinajstić information content (AvgIpc) is 2.25. The fourth-order valence-electron chi connectivity index (χ4n) is 1.09. The SMILES string of the molecule is COc1c(C#CC(=O)O)cccc1C=O. The molecule has 0 unspecified atom stereocenters. The lowest BCUT2D eigenvalue weighted by Crippen LogP contribution is -1.94. The molecule has 0 atom stereocenters. The van der Waals surface area contributed by atoms with Gasteiger partial charge in [0.2, 0.25) is 0 Å². The van der Waals surface area contributed by atoms with Gasteiger partial charge in [0.15, 0.2) is 6.29 Å². The molecule has 4 nitrogen and oxygen atoms in total. The Hall–Kier alpha value is -2.28. The second-order valence-electron chi connectivity index (χ2n) is 2.60. The summed E-state index contributed by atoms with van der Waals surface area (Å²) in [5.74, 6) is 3.43. The minimum Gasteiger partial charge on any atom is -0.495 e. The number of ether oxygens (including phenoxy) is 1. The Morgan fingerprint density at radius 3 is 2.80 bits per heavy atom. The van der Waals surface area contributed by atoms with Crippen LogP contribution in [-0.2, 0) is 4.79 Å². The van der Waals surface area contributed by atoms with Gasteiger partial charge in [0.1, 0.15) is 5.75 Å². The van der Waals surface area contributed by atoms with Gasteiger partial charge in [0.25, 0.3) is 0 Å². The van der Waals surface area contributed by atoms with Crippen molar-refractivity contribution in [1.29, 1.82) is 0 Å². The molecule has 0 heterocycles. The van der Waals surface area contributed by atoms with Crippen molar-refractivity contribution in [2.75, 3.05) is 7.11 Å². The zero-order chi connectivity index (χ0) is 11.3. The summed E-state index contributed by atoms with van der Waals surface area (Å²) in [6, 6.07) is 4.76. The molecule has 1 aromatic rings. The number of carbonyl (C=O) groups is 2. The molecule has 0 aliphatic heterocycles. The lowest BCUT2D eigenvalue weighted by atomic mass is 10.1. The maximum absolute atomic E-state index is 10.6. The van der Waals surface area contributed by atoms with Gasteiger partial charge < -0.3 is 9.84 Å². The third-order valence-corrected chi connectivity index (χ3v) is 1.68. The van der Waals surface area contributed by atoms with Crippen LogP contribution in [0.4, 0.5) is 0 Å². The number of methoxy groups -OCH3 is 1. The molecule has 0 bridgehead atoms. The monoisotopic (exact) mass is 204 g/mol. The molecule has 1 rings (SSSR count). The lowest BCUT2D eigenvalue weighted by molar-refractivity contribution is -0.130. The van der Waals surface area contributed by atoms with Crippen molar-refractivity contribution >= 4 is 12.3 Å². The standard InChI is InChI=1S/C11H8O4/c1-15-11-8(5-6-10(13)14)3-2-4-9(11)7-12/h2-4,7H,1H3,(H,13,14). The highest BCUT2D eigenvalue weighted by Gasteiger charge is 2.05. The first-order valence-corrected chi connectivity index (χ1v) is 4.06. The normalized spacial score (nSPS) is 8.60. The van der Waals surface area contributed by atoms with E-state index in [2.05, 4.69) is 5.92 Å². The van der Waals surface area contributed by atoms with Crippen LogP contribution in [0.15, 0.2) is 18.2 Å². The van der Waals surface area contributed by atoms with Gasteiger partial charge in [0.05, 0.1) is 18.2 Å². The summed E-state index contributed by atoms with van der Waals surface area (Å²) in [6.07, 6.45) is 0.630. The molecular formula is C11H8O4. The first kappa shape index (κ1) is 10.8. The van der Waals surface area contributed by atoms with Crippen LogP contribution < -0.4 is 4.74 Å². The van der Waals surface area contributed by atoms with Crippen molar-refractivity contribution in [3.05, 3.63) is 29.3 Å². The number of carboxylic acid groups (broad SMARTS) is 1. The third-order valence-electron chi connectivity index (χ3n) is 1.68. The summed E-state index contributed by atoms with van der Waals surface area (Å²) in [5, 5.41) is 8.38. The minimum absolute atomic E-state index is 0.293. The Bertz CT molecular complexity index is 451. The van der Waals surface area contributed by atoms with E-state index in [9.17, 15) is 9.59 Å². The molecule has 1 N–H and O–H groups in total. The van der Waals surface area contributed by atoms with Crippen LogP contribution in [0, 0.1) is 11.8 Å². The van der Waals surface area contributed by atoms with Crippen LogP contribution in [0.25, 0.3) is 0 Å². The van der Waals surface area contributed by atoms with Crippen LogP contribution in [0.5, 0.6) is 5.75 Å². The van der Waals surface area contributed by atoms with E-state index >= 15 is 0 Å². The molecule has 0 aliphatic rings. The molecular weight excluding hydrogens is 196 g/mol. The van der Waals surface area contributed by atoms with E-state index in [4.69, 9.17) is 9.84 Å². The Kier molecular flexibility index (Phi) is 3.47. The van der Waals surface area contributed by atoms with E-state index in [-0.39, 0.29) is 0 Å². The quantitative estimate of drug-likeness (QED) is 0.575. The Labute approximate surface area is 86.5 Å². The molecule has 0 saturated heterocycles. The van der Waals surface area contributed by atoms with E-state index in [1.165, 1.54) is 7.11 Å². The second kappa shape index (κ2) is 4.82. The van der Waals surface area contributed by atoms with E-state index in [0.717, 1.165) is 0 Å². The average molecular weight is 204 g/mol. The number of aldehydes is 1. The highest BCUT2D eigenvalue weighted by atomic mass is 16.5. The van der Waals surface area contributed by atoms with Crippen LogP contribution in [0.1, 0.15) is 15.9 Å². The number of hydrogen-bond donors (Lipinski definition) is 1. The summed E-state index contributed by atoms with van der Waals surface area (Å²) in [5.41, 5.74) is 0.721. The molecule has 15 heavy (non-hydrogen) atoms. The van der Waals surface area contributed by atoms with E-state index in [1.807, 2.05) is 5.92 Å². The fraction of sp³-hybridized carbons (Fsp3) is 0.0909. The molecule has 0 aliphatic carbocycles. The predicted molar refractivity (Wildman–Crippen MR) is 52.9 cm³/mol. The number of carbonyl (C=O) groups excluding carboxylic acids is 1. The van der Waals surface area contributed by atoms with Crippen molar-refractivity contribution < 1.29 is 19.4 Å². The summed E-state index contributed by atoms with van der Waals surface area (Å²) in [7, 11) is 1.40. The highest BCUT2D eigenvalue weighted by molar-refractivity contribution is 5.88. The summed E-state index contributed by atoms with van der Waals surface area (Å²) >= 11 is 0. The van der Waals surface area contributed by atoms with Crippen LogP contribution in [-0.4, -0.2) is 24.5 Å². The number of para-hydroxylation sites is 1. The largest absolute Gasteiger partial charge is 0.495 e. The summed E-state index contributed by atoms with van der Waals surface area (Å²) in [4.78, 5) is 20.9. The highest BCUT2D eigenvalue weighted by Crippen LogP contribution is 2.21. The van der Waals surface area contributed by atoms with Crippen LogP contribution in [0.3, 0.4) is 0 Å². The van der Waals surface area contributed by atoms with Gasteiger partial charge in [-0.1, -0.05) is 12.0 Å². The molecule has 4 heteroatoms. The van der Waals surface area contributed by atoms with Crippen molar-refractivity contribution in [2.45, 2.75) is 0 Å². The topological polar surface area (TPSA) is 63.6 Å². The first-order valence-electron chi connectivity index (χ1n) is 4.06. The van der Waals surface area contributed by atoms with E-state index in [1.54, 1.807) is 18.2 Å². The lowest BCUT2D eigenvalue weighted by Gasteiger charge is -2.04. The molecule has 76 valence electrons. The van der Waals surface area contributed by atoms with Gasteiger partial charge in [-0.2, -0.15) is 0 Å². The summed E-state index contributed by atoms with van der Waals surface area (Å²) in [6.45, 7) is 0. The van der Waals surface area contributed by atoms with Gasteiger partial charge in [-0.3, -0.25) is 4.79 Å². The molecule has 0 spiro atoms. The predicted octanol–water partition coefficient (Wildman–Crippen LogP) is 0.944. The Morgan fingerprint density at radius 2 is 2.27 bits per heavy atom. The third kappa shape index (κ3) is 2.58. The smallest absolute Gasteiger partial charge is 0.382 e. The van der Waals surface area contributed by atoms with Crippen molar-refractivity contribution in [2.24, 2.45) is 0 Å². The zero-order valence-corrected chi connectivity index (χ0v) is 7.98. The Balaban J connectivity index is 3.25. The van der Waals surface area contributed by atoms with E-state index in [0.29, 0.717) is 23.2 Å². The number of benzene rings is 1. The van der Waals surface area contributed by atoms with Crippen molar-refractivity contribution in [3.8, 4) is 17.6 Å². The van der Waals surface area contributed by atoms with Crippen molar-refractivity contribution in [3.63, 3.8) is 0 Å². The fourth-order valence-corrected chi connectivity index (χ4v) is 1.09. The van der Waals surface area contributed by atoms with E-state index < -0.39 is 5.97 Å². The number of carboxylic acids is 1. The maximum atomic E-state index is 10.6. The van der Waals surface area contributed by atoms with Gasteiger partial charge in [-0.05, 0) is 12.1 Å². The maximum Gasteiger partial charge on any atom is 0.382 e. The van der Waals surface area contributed by atoms with Gasteiger partial charge in [0, 0.05) is 5.92 Å². The minimum atomic E-state index is -1.23. The van der Waals surface area contributed by atoms with Gasteiger partial charge in [-0.25, -0.2) is 4.79 Å². The zero-order valence-electron chi connectivity index (χ0n) is 7.98.